The number of anilines is 1. The highest BCUT2D eigenvalue weighted by atomic mass is 32.2. The number of aromatic nitrogens is 3. The Morgan fingerprint density at radius 3 is 3.06 bits per heavy atom. The molecule has 1 aliphatic rings. The van der Waals surface area contributed by atoms with Gasteiger partial charge < -0.3 is 15.4 Å². The SMILES string of the molecule is OC1(CNc2ncnc3[nH]ccc23)CC[SH+]CC1. The van der Waals surface area contributed by atoms with Crippen LogP contribution in [-0.2, 0) is 11.8 Å². The number of aliphatic hydroxyl groups is 1. The summed E-state index contributed by atoms with van der Waals surface area (Å²) in [6.45, 7) is 0.555. The summed E-state index contributed by atoms with van der Waals surface area (Å²) < 4.78 is 0. The Kier molecular flexibility index (Phi) is 3.13. The second-order valence-corrected chi connectivity index (χ2v) is 6.05. The van der Waals surface area contributed by atoms with Crippen LogP contribution in [0, 0.1) is 0 Å². The van der Waals surface area contributed by atoms with Gasteiger partial charge in [0.05, 0.1) is 11.0 Å². The van der Waals surface area contributed by atoms with Crippen LogP contribution < -0.4 is 5.32 Å². The molecule has 6 heteroatoms. The minimum Gasteiger partial charge on any atom is -0.388 e. The minimum absolute atomic E-state index is 0.555. The van der Waals surface area contributed by atoms with Gasteiger partial charge in [-0.1, -0.05) is 0 Å². The van der Waals surface area contributed by atoms with E-state index >= 15 is 0 Å². The molecule has 0 aromatic carbocycles. The third-order valence-electron chi connectivity index (χ3n) is 3.41. The minimum atomic E-state index is -0.584. The van der Waals surface area contributed by atoms with Crippen molar-refractivity contribution in [2.75, 3.05) is 23.4 Å². The Labute approximate surface area is 109 Å². The molecule has 1 saturated heterocycles. The Morgan fingerprint density at radius 1 is 1.39 bits per heavy atom. The smallest absolute Gasteiger partial charge is 0.142 e. The van der Waals surface area contributed by atoms with Crippen LogP contribution in [0.3, 0.4) is 0 Å². The summed E-state index contributed by atoms with van der Waals surface area (Å²) in [7, 11) is 0. The molecule has 3 heterocycles. The highest BCUT2D eigenvalue weighted by Gasteiger charge is 2.32. The first-order valence-electron chi connectivity index (χ1n) is 6.14. The van der Waals surface area contributed by atoms with Gasteiger partial charge >= 0.3 is 0 Å². The molecule has 3 rings (SSSR count). The van der Waals surface area contributed by atoms with Gasteiger partial charge in [-0.15, -0.1) is 0 Å². The Bertz CT molecular complexity index is 536. The molecule has 3 N–H and O–H groups in total. The van der Waals surface area contributed by atoms with Gasteiger partial charge in [-0.25, -0.2) is 9.97 Å². The fourth-order valence-electron chi connectivity index (χ4n) is 2.25. The normalized spacial score (nSPS) is 18.9. The van der Waals surface area contributed by atoms with E-state index in [0.29, 0.717) is 6.54 Å². The van der Waals surface area contributed by atoms with Gasteiger partial charge in [0.15, 0.2) is 0 Å². The highest BCUT2D eigenvalue weighted by molar-refractivity contribution is 7.78. The summed E-state index contributed by atoms with van der Waals surface area (Å²) in [6, 6.07) is 1.95. The molecule has 0 atom stereocenters. The van der Waals surface area contributed by atoms with Gasteiger partial charge in [-0.3, -0.25) is 0 Å². The van der Waals surface area contributed by atoms with E-state index in [1.165, 1.54) is 18.1 Å². The van der Waals surface area contributed by atoms with E-state index in [1.807, 2.05) is 12.3 Å². The third kappa shape index (κ3) is 2.30. The first-order chi connectivity index (χ1) is 8.77. The summed E-state index contributed by atoms with van der Waals surface area (Å²) in [5.41, 5.74) is 0.236. The molecular formula is C12H17N4OS+. The molecule has 0 unspecified atom stereocenters. The number of rotatable bonds is 3. The average Bonchev–Trinajstić information content (AvgIpc) is 2.86. The van der Waals surface area contributed by atoms with Crippen LogP contribution in [0.1, 0.15) is 12.8 Å². The number of aromatic amines is 1. The van der Waals surface area contributed by atoms with E-state index in [9.17, 15) is 5.11 Å². The molecule has 18 heavy (non-hydrogen) atoms. The van der Waals surface area contributed by atoms with E-state index in [-0.39, 0.29) is 0 Å². The third-order valence-corrected chi connectivity index (χ3v) is 4.49. The zero-order chi connectivity index (χ0) is 12.4. The van der Waals surface area contributed by atoms with Gasteiger partial charge in [0.25, 0.3) is 0 Å². The predicted octanol–water partition coefficient (Wildman–Crippen LogP) is 0.710. The van der Waals surface area contributed by atoms with E-state index < -0.39 is 5.60 Å². The molecule has 96 valence electrons. The van der Waals surface area contributed by atoms with Crippen molar-refractivity contribution in [1.29, 1.82) is 0 Å². The lowest BCUT2D eigenvalue weighted by atomic mass is 9.97. The first kappa shape index (κ1) is 11.8. The summed E-state index contributed by atoms with van der Waals surface area (Å²) >= 11 is 1.46. The second-order valence-electron chi connectivity index (χ2n) is 4.71. The monoisotopic (exact) mass is 265 g/mol. The summed E-state index contributed by atoms with van der Waals surface area (Å²) in [5, 5.41) is 14.7. The fraction of sp³-hybridized carbons (Fsp3) is 0.500. The van der Waals surface area contributed by atoms with Crippen molar-refractivity contribution in [3.63, 3.8) is 0 Å². The molecule has 2 aromatic rings. The van der Waals surface area contributed by atoms with Crippen LogP contribution in [0.4, 0.5) is 5.82 Å². The Hall–Kier alpha value is -1.27. The van der Waals surface area contributed by atoms with Crippen LogP contribution in [-0.4, -0.2) is 43.7 Å². The van der Waals surface area contributed by atoms with Crippen molar-refractivity contribution >= 4 is 28.6 Å². The molecule has 0 radical (unpaired) electrons. The molecular weight excluding hydrogens is 248 g/mol. The summed E-state index contributed by atoms with van der Waals surface area (Å²) in [5.74, 6) is 2.96. The molecule has 5 nitrogen and oxygen atoms in total. The molecule has 1 fully saturated rings. The van der Waals surface area contributed by atoms with Crippen molar-refractivity contribution < 1.29 is 5.11 Å². The maximum absolute atomic E-state index is 10.4. The second kappa shape index (κ2) is 4.78. The number of hydrogen-bond donors (Lipinski definition) is 3. The lowest BCUT2D eigenvalue weighted by molar-refractivity contribution is 0.0451. The summed E-state index contributed by atoms with van der Waals surface area (Å²) in [4.78, 5) is 11.4. The van der Waals surface area contributed by atoms with E-state index in [0.717, 1.165) is 41.2 Å². The molecule has 0 saturated carbocycles. The van der Waals surface area contributed by atoms with Crippen LogP contribution in [0.2, 0.25) is 0 Å². The highest BCUT2D eigenvalue weighted by Crippen LogP contribution is 2.23. The number of hydrogen-bond acceptors (Lipinski definition) is 4. The molecule has 0 amide bonds. The molecule has 1 aliphatic heterocycles. The summed E-state index contributed by atoms with van der Waals surface area (Å²) in [6.07, 6.45) is 5.11. The number of nitrogens with one attached hydrogen (secondary N) is 2. The molecule has 0 aliphatic carbocycles. The van der Waals surface area contributed by atoms with E-state index in [1.54, 1.807) is 0 Å². The van der Waals surface area contributed by atoms with Crippen molar-refractivity contribution in [2.45, 2.75) is 18.4 Å². The first-order valence-corrected chi connectivity index (χ1v) is 7.41. The topological polar surface area (TPSA) is 73.8 Å². The Balaban J connectivity index is 1.74. The lowest BCUT2D eigenvalue weighted by Crippen LogP contribution is -2.42. The van der Waals surface area contributed by atoms with Gasteiger partial charge in [0, 0.05) is 25.6 Å². The quantitative estimate of drug-likeness (QED) is 0.564. The van der Waals surface area contributed by atoms with Crippen molar-refractivity contribution in [2.24, 2.45) is 0 Å². The predicted molar refractivity (Wildman–Crippen MR) is 75.1 cm³/mol. The number of nitrogens with zero attached hydrogens (tertiary/aromatic N) is 2. The van der Waals surface area contributed by atoms with Crippen molar-refractivity contribution in [3.8, 4) is 0 Å². The largest absolute Gasteiger partial charge is 0.388 e. The van der Waals surface area contributed by atoms with Crippen LogP contribution >= 0.6 is 0 Å². The van der Waals surface area contributed by atoms with Gasteiger partial charge in [0.2, 0.25) is 0 Å². The van der Waals surface area contributed by atoms with E-state index in [4.69, 9.17) is 0 Å². The standard InChI is InChI=1S/C12H16N4OS/c17-12(2-5-18-6-3-12)7-14-11-9-1-4-13-10(9)15-8-16-11/h1,4,8,17H,2-3,5-7H2,(H2,13,14,15,16)/p+1. The fourth-order valence-corrected chi connectivity index (χ4v) is 3.62. The lowest BCUT2D eigenvalue weighted by Gasteiger charge is -2.29. The number of fused-ring (bicyclic) bond motifs is 1. The van der Waals surface area contributed by atoms with Crippen LogP contribution in [0.15, 0.2) is 18.6 Å². The maximum atomic E-state index is 10.4. The van der Waals surface area contributed by atoms with Crippen molar-refractivity contribution in [3.05, 3.63) is 18.6 Å². The molecule has 2 aromatic heterocycles. The van der Waals surface area contributed by atoms with E-state index in [2.05, 4.69) is 20.3 Å². The van der Waals surface area contributed by atoms with Crippen LogP contribution in [0.5, 0.6) is 0 Å². The molecule has 0 spiro atoms. The molecule has 0 bridgehead atoms. The number of H-pyrrole nitrogens is 1. The maximum Gasteiger partial charge on any atom is 0.142 e. The van der Waals surface area contributed by atoms with Gasteiger partial charge in [-0.05, 0) is 17.8 Å². The average molecular weight is 265 g/mol. The van der Waals surface area contributed by atoms with Gasteiger partial charge in [0.1, 0.15) is 29.3 Å². The van der Waals surface area contributed by atoms with Gasteiger partial charge in [-0.2, -0.15) is 0 Å². The van der Waals surface area contributed by atoms with Crippen molar-refractivity contribution in [1.82, 2.24) is 15.0 Å². The van der Waals surface area contributed by atoms with Crippen LogP contribution in [0.25, 0.3) is 11.0 Å². The zero-order valence-corrected chi connectivity index (χ0v) is 11.0. The Morgan fingerprint density at radius 2 is 2.22 bits per heavy atom. The zero-order valence-electron chi connectivity index (χ0n) is 10.1. The number of thiol groups is 1.